The molecule has 4 heteroatoms. The molecule has 0 aliphatic rings. The van der Waals surface area contributed by atoms with Crippen LogP contribution in [0.4, 0.5) is 0 Å². The molecule has 0 fully saturated rings. The number of hydrogen-bond donors (Lipinski definition) is 1. The fourth-order valence-electron chi connectivity index (χ4n) is 2.47. The first-order valence-corrected chi connectivity index (χ1v) is 8.42. The number of benzene rings is 1. The van der Waals surface area contributed by atoms with Crippen LogP contribution in [0.2, 0.25) is 0 Å². The van der Waals surface area contributed by atoms with Crippen LogP contribution in [0.3, 0.4) is 0 Å². The average molecular weight is 350 g/mol. The largest absolute Gasteiger partial charge is 0.314 e. The molecular weight excluding hydrogens is 326 g/mol. The number of aromatic nitrogens is 2. The normalized spacial score (nSPS) is 12.5. The Labute approximate surface area is 135 Å². The third-order valence-corrected chi connectivity index (χ3v) is 4.15. The predicted octanol–water partition coefficient (Wildman–Crippen LogP) is 3.73. The third-order valence-electron chi connectivity index (χ3n) is 3.62. The summed E-state index contributed by atoms with van der Waals surface area (Å²) < 4.78 is 3.01. The van der Waals surface area contributed by atoms with Crippen LogP contribution in [0.5, 0.6) is 0 Å². The van der Waals surface area contributed by atoms with E-state index in [1.807, 2.05) is 17.9 Å². The zero-order chi connectivity index (χ0) is 15.1. The number of halogens is 1. The van der Waals surface area contributed by atoms with Crippen molar-refractivity contribution in [1.29, 1.82) is 0 Å². The van der Waals surface area contributed by atoms with Gasteiger partial charge in [0, 0.05) is 23.8 Å². The first-order chi connectivity index (χ1) is 10.2. The summed E-state index contributed by atoms with van der Waals surface area (Å²) in [5.74, 6) is 0. The second-order valence-corrected chi connectivity index (χ2v) is 6.46. The van der Waals surface area contributed by atoms with Crippen molar-refractivity contribution in [1.82, 2.24) is 15.1 Å². The maximum atomic E-state index is 4.24. The molecule has 1 heterocycles. The van der Waals surface area contributed by atoms with Crippen LogP contribution >= 0.6 is 15.9 Å². The Kier molecular flexibility index (Phi) is 6.46. The number of rotatable bonds is 8. The molecule has 21 heavy (non-hydrogen) atoms. The standard InChI is InChI=1S/C17H24BrN3/c1-3-10-19-17(9-6-15-12-20-21(2)13-15)11-14-4-7-16(18)8-5-14/h4-5,7-8,12-13,17,19H,3,6,9-11H2,1-2H3. The Balaban J connectivity index is 1.91. The summed E-state index contributed by atoms with van der Waals surface area (Å²) in [4.78, 5) is 0. The summed E-state index contributed by atoms with van der Waals surface area (Å²) in [6.07, 6.45) is 8.54. The first-order valence-electron chi connectivity index (χ1n) is 7.62. The van der Waals surface area contributed by atoms with Crippen molar-refractivity contribution in [2.24, 2.45) is 7.05 Å². The molecule has 0 aliphatic heterocycles. The van der Waals surface area contributed by atoms with Crippen molar-refractivity contribution in [3.8, 4) is 0 Å². The molecule has 0 bridgehead atoms. The Hall–Kier alpha value is -1.13. The van der Waals surface area contributed by atoms with E-state index in [1.165, 1.54) is 17.5 Å². The van der Waals surface area contributed by atoms with Crippen LogP contribution in [0.15, 0.2) is 41.1 Å². The topological polar surface area (TPSA) is 29.9 Å². The molecule has 0 radical (unpaired) electrons. The molecule has 2 rings (SSSR count). The lowest BCUT2D eigenvalue weighted by molar-refractivity contribution is 0.477. The quantitative estimate of drug-likeness (QED) is 0.786. The smallest absolute Gasteiger partial charge is 0.0521 e. The van der Waals surface area contributed by atoms with E-state index >= 15 is 0 Å². The van der Waals surface area contributed by atoms with Gasteiger partial charge in [-0.1, -0.05) is 35.0 Å². The number of hydrogen-bond acceptors (Lipinski definition) is 2. The van der Waals surface area contributed by atoms with Crippen LogP contribution in [0.1, 0.15) is 30.9 Å². The van der Waals surface area contributed by atoms with Gasteiger partial charge in [0.2, 0.25) is 0 Å². The van der Waals surface area contributed by atoms with Gasteiger partial charge in [-0.25, -0.2) is 0 Å². The van der Waals surface area contributed by atoms with E-state index in [2.05, 4.69) is 63.7 Å². The molecule has 0 saturated heterocycles. The maximum Gasteiger partial charge on any atom is 0.0521 e. The zero-order valence-corrected chi connectivity index (χ0v) is 14.4. The van der Waals surface area contributed by atoms with E-state index < -0.39 is 0 Å². The van der Waals surface area contributed by atoms with E-state index in [9.17, 15) is 0 Å². The molecule has 1 aromatic carbocycles. The van der Waals surface area contributed by atoms with Crippen molar-refractivity contribution in [2.45, 2.75) is 38.6 Å². The van der Waals surface area contributed by atoms with Crippen molar-refractivity contribution in [2.75, 3.05) is 6.54 Å². The maximum absolute atomic E-state index is 4.24. The van der Waals surface area contributed by atoms with Gasteiger partial charge in [-0.3, -0.25) is 4.68 Å². The molecule has 0 aliphatic carbocycles. The van der Waals surface area contributed by atoms with Gasteiger partial charge in [0.25, 0.3) is 0 Å². The van der Waals surface area contributed by atoms with Gasteiger partial charge in [0.1, 0.15) is 0 Å². The Morgan fingerprint density at radius 1 is 1.24 bits per heavy atom. The average Bonchev–Trinajstić information content (AvgIpc) is 2.90. The van der Waals surface area contributed by atoms with E-state index in [-0.39, 0.29) is 0 Å². The second-order valence-electron chi connectivity index (χ2n) is 5.54. The molecule has 114 valence electrons. The summed E-state index contributed by atoms with van der Waals surface area (Å²) in [5.41, 5.74) is 2.70. The van der Waals surface area contributed by atoms with E-state index in [4.69, 9.17) is 0 Å². The van der Waals surface area contributed by atoms with Gasteiger partial charge in [-0.05, 0) is 55.5 Å². The van der Waals surface area contributed by atoms with Gasteiger partial charge in [0.15, 0.2) is 0 Å². The molecule has 0 spiro atoms. The monoisotopic (exact) mass is 349 g/mol. The minimum atomic E-state index is 0.520. The van der Waals surface area contributed by atoms with Gasteiger partial charge >= 0.3 is 0 Å². The highest BCUT2D eigenvalue weighted by Gasteiger charge is 2.10. The second kappa shape index (κ2) is 8.35. The molecule has 0 saturated carbocycles. The van der Waals surface area contributed by atoms with Gasteiger partial charge in [0.05, 0.1) is 6.20 Å². The minimum Gasteiger partial charge on any atom is -0.314 e. The minimum absolute atomic E-state index is 0.520. The van der Waals surface area contributed by atoms with Crippen LogP contribution < -0.4 is 5.32 Å². The number of aryl methyl sites for hydroxylation is 2. The van der Waals surface area contributed by atoms with E-state index in [0.29, 0.717) is 6.04 Å². The van der Waals surface area contributed by atoms with Crippen molar-refractivity contribution >= 4 is 15.9 Å². The van der Waals surface area contributed by atoms with E-state index in [0.717, 1.165) is 30.3 Å². The molecule has 1 unspecified atom stereocenters. The highest BCUT2D eigenvalue weighted by Crippen LogP contribution is 2.14. The lowest BCUT2D eigenvalue weighted by atomic mass is 10.00. The van der Waals surface area contributed by atoms with E-state index in [1.54, 1.807) is 0 Å². The summed E-state index contributed by atoms with van der Waals surface area (Å²) in [6, 6.07) is 9.16. The third kappa shape index (κ3) is 5.64. The molecule has 0 amide bonds. The van der Waals surface area contributed by atoms with Crippen LogP contribution in [-0.4, -0.2) is 22.4 Å². The lowest BCUT2D eigenvalue weighted by Crippen LogP contribution is -2.32. The Bertz CT molecular complexity index is 533. The number of nitrogens with one attached hydrogen (secondary N) is 1. The fourth-order valence-corrected chi connectivity index (χ4v) is 2.74. The van der Waals surface area contributed by atoms with Crippen LogP contribution in [0.25, 0.3) is 0 Å². The summed E-state index contributed by atoms with van der Waals surface area (Å²) in [7, 11) is 1.97. The first kappa shape index (κ1) is 16.2. The molecule has 2 aromatic rings. The van der Waals surface area contributed by atoms with Crippen molar-refractivity contribution in [3.05, 3.63) is 52.3 Å². The summed E-state index contributed by atoms with van der Waals surface area (Å²) in [6.45, 7) is 3.29. The lowest BCUT2D eigenvalue weighted by Gasteiger charge is -2.18. The Morgan fingerprint density at radius 3 is 2.62 bits per heavy atom. The van der Waals surface area contributed by atoms with Gasteiger partial charge < -0.3 is 5.32 Å². The SMILES string of the molecule is CCCNC(CCc1cnn(C)c1)Cc1ccc(Br)cc1. The predicted molar refractivity (Wildman–Crippen MR) is 91.5 cm³/mol. The molecule has 1 atom stereocenters. The highest BCUT2D eigenvalue weighted by molar-refractivity contribution is 9.10. The summed E-state index contributed by atoms with van der Waals surface area (Å²) >= 11 is 3.49. The molecule has 1 aromatic heterocycles. The van der Waals surface area contributed by atoms with Gasteiger partial charge in [-0.15, -0.1) is 0 Å². The fraction of sp³-hybridized carbons (Fsp3) is 0.471. The molecule has 1 N–H and O–H groups in total. The zero-order valence-electron chi connectivity index (χ0n) is 12.8. The number of nitrogens with zero attached hydrogens (tertiary/aromatic N) is 2. The van der Waals surface area contributed by atoms with Crippen molar-refractivity contribution < 1.29 is 0 Å². The van der Waals surface area contributed by atoms with Gasteiger partial charge in [-0.2, -0.15) is 5.10 Å². The van der Waals surface area contributed by atoms with Crippen LogP contribution in [-0.2, 0) is 19.9 Å². The Morgan fingerprint density at radius 2 is 2.00 bits per heavy atom. The van der Waals surface area contributed by atoms with Crippen LogP contribution in [0, 0.1) is 0 Å². The molecule has 3 nitrogen and oxygen atoms in total. The highest BCUT2D eigenvalue weighted by atomic mass is 79.9. The van der Waals surface area contributed by atoms with Crippen molar-refractivity contribution in [3.63, 3.8) is 0 Å². The summed E-state index contributed by atoms with van der Waals surface area (Å²) in [5, 5.41) is 7.91. The molecular formula is C17H24BrN3.